The molecule has 3 nitrogen and oxygen atoms in total. The Morgan fingerprint density at radius 2 is 2.10 bits per heavy atom. The zero-order chi connectivity index (χ0) is 14.5. The fourth-order valence-corrected chi connectivity index (χ4v) is 2.72. The highest BCUT2D eigenvalue weighted by molar-refractivity contribution is 5.39. The summed E-state index contributed by atoms with van der Waals surface area (Å²) in [6.45, 7) is 2.65. The van der Waals surface area contributed by atoms with E-state index in [1.54, 1.807) is 7.11 Å². The molecule has 3 rings (SSSR count). The third-order valence-corrected chi connectivity index (χ3v) is 3.85. The molecule has 21 heavy (non-hydrogen) atoms. The highest BCUT2D eigenvalue weighted by Crippen LogP contribution is 2.25. The van der Waals surface area contributed by atoms with Gasteiger partial charge >= 0.3 is 0 Å². The van der Waals surface area contributed by atoms with Crippen LogP contribution in [-0.4, -0.2) is 20.3 Å². The standard InChI is InChI=1S/C18H21NO2/c1-20-17-5-3-2-4-15(17)8-10-19-13-14-6-7-18-16(12-14)9-11-21-18/h2-7,12,19H,8-11,13H2,1H3. The van der Waals surface area contributed by atoms with E-state index in [2.05, 4.69) is 35.6 Å². The topological polar surface area (TPSA) is 30.5 Å². The summed E-state index contributed by atoms with van der Waals surface area (Å²) < 4.78 is 10.9. The average molecular weight is 283 g/mol. The highest BCUT2D eigenvalue weighted by atomic mass is 16.5. The van der Waals surface area contributed by atoms with Gasteiger partial charge in [-0.1, -0.05) is 30.3 Å². The van der Waals surface area contributed by atoms with E-state index >= 15 is 0 Å². The third-order valence-electron chi connectivity index (χ3n) is 3.85. The normalized spacial score (nSPS) is 12.8. The van der Waals surface area contributed by atoms with Crippen molar-refractivity contribution < 1.29 is 9.47 Å². The smallest absolute Gasteiger partial charge is 0.122 e. The fourth-order valence-electron chi connectivity index (χ4n) is 2.72. The van der Waals surface area contributed by atoms with Crippen LogP contribution in [0.25, 0.3) is 0 Å². The van der Waals surface area contributed by atoms with Crippen molar-refractivity contribution >= 4 is 0 Å². The first kappa shape index (κ1) is 14.0. The van der Waals surface area contributed by atoms with E-state index in [1.807, 2.05) is 12.1 Å². The Bertz CT molecular complexity index is 610. The summed E-state index contributed by atoms with van der Waals surface area (Å²) in [6, 6.07) is 14.7. The second kappa shape index (κ2) is 6.64. The Morgan fingerprint density at radius 3 is 3.00 bits per heavy atom. The molecular weight excluding hydrogens is 262 g/mol. The van der Waals surface area contributed by atoms with Crippen LogP contribution in [0, 0.1) is 0 Å². The molecule has 1 aliphatic rings. The summed E-state index contributed by atoms with van der Waals surface area (Å²) in [4.78, 5) is 0. The lowest BCUT2D eigenvalue weighted by atomic mass is 10.1. The number of hydrogen-bond donors (Lipinski definition) is 1. The Labute approximate surface area is 125 Å². The maximum absolute atomic E-state index is 5.53. The quantitative estimate of drug-likeness (QED) is 0.827. The molecule has 0 spiro atoms. The molecule has 0 bridgehead atoms. The molecule has 0 aliphatic carbocycles. The Morgan fingerprint density at radius 1 is 1.19 bits per heavy atom. The molecule has 1 N–H and O–H groups in total. The van der Waals surface area contributed by atoms with Crippen molar-refractivity contribution in [2.24, 2.45) is 0 Å². The Balaban J connectivity index is 1.50. The second-order valence-corrected chi connectivity index (χ2v) is 5.28. The molecule has 0 radical (unpaired) electrons. The molecule has 0 amide bonds. The third kappa shape index (κ3) is 3.37. The number of ether oxygens (including phenoxy) is 2. The van der Waals surface area contributed by atoms with Crippen LogP contribution in [0.5, 0.6) is 11.5 Å². The molecule has 110 valence electrons. The van der Waals surface area contributed by atoms with Gasteiger partial charge in [0.25, 0.3) is 0 Å². The summed E-state index contributed by atoms with van der Waals surface area (Å²) in [5.41, 5.74) is 3.90. The summed E-state index contributed by atoms with van der Waals surface area (Å²) in [6.07, 6.45) is 2.00. The summed E-state index contributed by atoms with van der Waals surface area (Å²) >= 11 is 0. The van der Waals surface area contributed by atoms with Gasteiger partial charge in [-0.15, -0.1) is 0 Å². The number of rotatable bonds is 6. The largest absolute Gasteiger partial charge is 0.496 e. The van der Waals surface area contributed by atoms with Crippen molar-refractivity contribution in [2.45, 2.75) is 19.4 Å². The molecule has 2 aromatic carbocycles. The van der Waals surface area contributed by atoms with Gasteiger partial charge in [0.05, 0.1) is 13.7 Å². The van der Waals surface area contributed by atoms with Crippen molar-refractivity contribution in [1.82, 2.24) is 5.32 Å². The van der Waals surface area contributed by atoms with Gasteiger partial charge in [0.2, 0.25) is 0 Å². The number of para-hydroxylation sites is 1. The molecule has 0 saturated carbocycles. The maximum atomic E-state index is 5.53. The van der Waals surface area contributed by atoms with Gasteiger partial charge in [-0.3, -0.25) is 0 Å². The first-order valence-electron chi connectivity index (χ1n) is 7.44. The number of methoxy groups -OCH3 is 1. The lowest BCUT2D eigenvalue weighted by molar-refractivity contribution is 0.357. The van der Waals surface area contributed by atoms with Gasteiger partial charge in [0.1, 0.15) is 11.5 Å². The summed E-state index contributed by atoms with van der Waals surface area (Å²) in [7, 11) is 1.72. The second-order valence-electron chi connectivity index (χ2n) is 5.28. The molecule has 1 aliphatic heterocycles. The number of fused-ring (bicyclic) bond motifs is 1. The first-order valence-corrected chi connectivity index (χ1v) is 7.44. The van der Waals surface area contributed by atoms with E-state index in [0.29, 0.717) is 0 Å². The van der Waals surface area contributed by atoms with Crippen LogP contribution >= 0.6 is 0 Å². The number of nitrogens with one attached hydrogen (secondary N) is 1. The van der Waals surface area contributed by atoms with Crippen LogP contribution in [-0.2, 0) is 19.4 Å². The predicted octanol–water partition coefficient (Wildman–Crippen LogP) is 2.96. The first-order chi connectivity index (χ1) is 10.4. The maximum Gasteiger partial charge on any atom is 0.122 e. The van der Waals surface area contributed by atoms with E-state index in [9.17, 15) is 0 Å². The van der Waals surface area contributed by atoms with E-state index in [4.69, 9.17) is 9.47 Å². The molecular formula is C18H21NO2. The minimum absolute atomic E-state index is 0.819. The molecule has 0 aromatic heterocycles. The minimum atomic E-state index is 0.819. The van der Waals surface area contributed by atoms with Crippen LogP contribution in [0.2, 0.25) is 0 Å². The van der Waals surface area contributed by atoms with Crippen LogP contribution in [0.15, 0.2) is 42.5 Å². The van der Waals surface area contributed by atoms with Crippen LogP contribution < -0.4 is 14.8 Å². The molecule has 0 saturated heterocycles. The number of hydrogen-bond acceptors (Lipinski definition) is 3. The molecule has 1 heterocycles. The molecule has 2 aromatic rings. The van der Waals surface area contributed by atoms with E-state index in [-0.39, 0.29) is 0 Å². The fraction of sp³-hybridized carbons (Fsp3) is 0.333. The average Bonchev–Trinajstić information content (AvgIpc) is 2.99. The lowest BCUT2D eigenvalue weighted by Gasteiger charge is -2.09. The van der Waals surface area contributed by atoms with Gasteiger partial charge < -0.3 is 14.8 Å². The monoisotopic (exact) mass is 283 g/mol. The van der Waals surface area contributed by atoms with Crippen molar-refractivity contribution in [3.8, 4) is 11.5 Å². The van der Waals surface area contributed by atoms with Gasteiger partial charge in [-0.05, 0) is 41.8 Å². The summed E-state index contributed by atoms with van der Waals surface area (Å²) in [5, 5.41) is 3.50. The van der Waals surface area contributed by atoms with Gasteiger partial charge in [-0.25, -0.2) is 0 Å². The Kier molecular flexibility index (Phi) is 4.41. The van der Waals surface area contributed by atoms with Crippen molar-refractivity contribution in [2.75, 3.05) is 20.3 Å². The highest BCUT2D eigenvalue weighted by Gasteiger charge is 2.11. The van der Waals surface area contributed by atoms with Crippen LogP contribution in [0.3, 0.4) is 0 Å². The Hall–Kier alpha value is -2.00. The van der Waals surface area contributed by atoms with E-state index in [0.717, 1.165) is 44.0 Å². The van der Waals surface area contributed by atoms with Crippen molar-refractivity contribution in [1.29, 1.82) is 0 Å². The zero-order valence-electron chi connectivity index (χ0n) is 12.4. The van der Waals surface area contributed by atoms with Crippen LogP contribution in [0.4, 0.5) is 0 Å². The molecule has 3 heteroatoms. The van der Waals surface area contributed by atoms with Gasteiger partial charge in [0, 0.05) is 13.0 Å². The molecule has 0 unspecified atom stereocenters. The molecule has 0 atom stereocenters. The zero-order valence-corrected chi connectivity index (χ0v) is 12.4. The van der Waals surface area contributed by atoms with Crippen molar-refractivity contribution in [3.63, 3.8) is 0 Å². The number of benzene rings is 2. The van der Waals surface area contributed by atoms with E-state index < -0.39 is 0 Å². The van der Waals surface area contributed by atoms with E-state index in [1.165, 1.54) is 16.7 Å². The van der Waals surface area contributed by atoms with Crippen molar-refractivity contribution in [3.05, 3.63) is 59.2 Å². The molecule has 0 fully saturated rings. The van der Waals surface area contributed by atoms with Gasteiger partial charge in [0.15, 0.2) is 0 Å². The minimum Gasteiger partial charge on any atom is -0.496 e. The van der Waals surface area contributed by atoms with Gasteiger partial charge in [-0.2, -0.15) is 0 Å². The van der Waals surface area contributed by atoms with Crippen LogP contribution in [0.1, 0.15) is 16.7 Å². The SMILES string of the molecule is COc1ccccc1CCNCc1ccc2c(c1)CCO2. The lowest BCUT2D eigenvalue weighted by Crippen LogP contribution is -2.17. The predicted molar refractivity (Wildman–Crippen MR) is 84.0 cm³/mol. The summed E-state index contributed by atoms with van der Waals surface area (Å²) in [5.74, 6) is 2.02.